The smallest absolute Gasteiger partial charge is 0.174 e. The minimum atomic E-state index is -0.281. The van der Waals surface area contributed by atoms with Crippen LogP contribution in [0.25, 0.3) is 0 Å². The average Bonchev–Trinajstić information content (AvgIpc) is 2.85. The summed E-state index contributed by atoms with van der Waals surface area (Å²) in [7, 11) is 0. The van der Waals surface area contributed by atoms with E-state index in [9.17, 15) is 4.39 Å². The van der Waals surface area contributed by atoms with Gasteiger partial charge in [-0.05, 0) is 31.2 Å². The Morgan fingerprint density at radius 2 is 2.11 bits per heavy atom. The molecule has 0 bridgehead atoms. The number of halogens is 1. The molecule has 5 nitrogen and oxygen atoms in total. The van der Waals surface area contributed by atoms with E-state index in [-0.39, 0.29) is 11.9 Å². The van der Waals surface area contributed by atoms with E-state index < -0.39 is 0 Å². The highest BCUT2D eigenvalue weighted by molar-refractivity contribution is 5.22. The molecule has 0 saturated carbocycles. The van der Waals surface area contributed by atoms with Gasteiger partial charge >= 0.3 is 0 Å². The highest BCUT2D eigenvalue weighted by Crippen LogP contribution is 2.22. The lowest BCUT2D eigenvalue weighted by Gasteiger charge is -2.19. The second kappa shape index (κ2) is 4.97. The van der Waals surface area contributed by atoms with Crippen LogP contribution in [0, 0.1) is 5.82 Å². The summed E-state index contributed by atoms with van der Waals surface area (Å²) in [5.41, 5.74) is 0. The van der Waals surface area contributed by atoms with E-state index in [2.05, 4.69) is 10.2 Å². The van der Waals surface area contributed by atoms with Gasteiger partial charge in [0.1, 0.15) is 18.2 Å². The topological polar surface area (TPSA) is 49.2 Å². The molecule has 0 amide bonds. The number of benzene rings is 1. The molecular weight excluding hydrogens is 249 g/mol. The fraction of sp³-hybridized carbons (Fsp3) is 0.385. The summed E-state index contributed by atoms with van der Waals surface area (Å²) in [5.74, 6) is 1.91. The molecule has 1 aliphatic heterocycles. The van der Waals surface area contributed by atoms with Crippen LogP contribution in [0.1, 0.15) is 24.7 Å². The molecule has 0 N–H and O–H groups in total. The van der Waals surface area contributed by atoms with E-state index in [0.29, 0.717) is 19.0 Å². The third-order valence-electron chi connectivity index (χ3n) is 3.04. The third-order valence-corrected chi connectivity index (χ3v) is 3.04. The largest absolute Gasteiger partial charge is 0.483 e. The molecule has 2 aromatic rings. The van der Waals surface area contributed by atoms with Crippen molar-refractivity contribution < 1.29 is 13.9 Å². The lowest BCUT2D eigenvalue weighted by atomic mass is 10.3. The van der Waals surface area contributed by atoms with Crippen LogP contribution in [-0.2, 0) is 17.9 Å². The second-order valence-corrected chi connectivity index (χ2v) is 4.39. The highest BCUT2D eigenvalue weighted by Gasteiger charge is 2.21. The molecule has 1 atom stereocenters. The van der Waals surface area contributed by atoms with Gasteiger partial charge < -0.3 is 14.0 Å². The zero-order valence-corrected chi connectivity index (χ0v) is 10.5. The summed E-state index contributed by atoms with van der Waals surface area (Å²) < 4.78 is 25.9. The molecule has 1 aromatic heterocycles. The standard InChI is InChI=1S/C13H14FN3O2/c1-9(19-11-4-2-10(14)3-5-11)13-16-15-12-8-18-7-6-17(12)13/h2-5,9H,6-8H2,1H3. The van der Waals surface area contributed by atoms with Gasteiger partial charge in [0, 0.05) is 6.54 Å². The van der Waals surface area contributed by atoms with Crippen LogP contribution >= 0.6 is 0 Å². The minimum Gasteiger partial charge on any atom is -0.483 e. The maximum atomic E-state index is 12.8. The van der Waals surface area contributed by atoms with Gasteiger partial charge in [0.05, 0.1) is 6.61 Å². The summed E-state index contributed by atoms with van der Waals surface area (Å²) in [6, 6.07) is 5.94. The van der Waals surface area contributed by atoms with Crippen LogP contribution in [0.4, 0.5) is 4.39 Å². The molecule has 0 aliphatic carbocycles. The Morgan fingerprint density at radius 1 is 1.32 bits per heavy atom. The zero-order chi connectivity index (χ0) is 13.2. The molecule has 0 spiro atoms. The summed E-state index contributed by atoms with van der Waals surface area (Å²) in [5, 5.41) is 8.23. The van der Waals surface area contributed by atoms with E-state index in [0.717, 1.165) is 18.2 Å². The molecule has 0 radical (unpaired) electrons. The number of rotatable bonds is 3. The molecule has 1 aliphatic rings. The Hall–Kier alpha value is -1.95. The fourth-order valence-corrected chi connectivity index (χ4v) is 2.09. The Kier molecular flexibility index (Phi) is 3.16. The molecule has 6 heteroatoms. The number of hydrogen-bond acceptors (Lipinski definition) is 4. The number of nitrogens with zero attached hydrogens (tertiary/aromatic N) is 3. The number of ether oxygens (including phenoxy) is 2. The molecule has 3 rings (SSSR count). The Balaban J connectivity index is 1.78. The zero-order valence-electron chi connectivity index (χ0n) is 10.5. The first kappa shape index (κ1) is 12.1. The van der Waals surface area contributed by atoms with Crippen molar-refractivity contribution in [2.75, 3.05) is 6.61 Å². The van der Waals surface area contributed by atoms with E-state index in [1.807, 2.05) is 11.5 Å². The SMILES string of the molecule is CC(Oc1ccc(F)cc1)c1nnc2n1CCOC2. The first-order chi connectivity index (χ1) is 9.24. The van der Waals surface area contributed by atoms with Gasteiger partial charge in [-0.1, -0.05) is 0 Å². The van der Waals surface area contributed by atoms with Crippen molar-refractivity contribution in [2.24, 2.45) is 0 Å². The van der Waals surface area contributed by atoms with Crippen LogP contribution in [0.15, 0.2) is 24.3 Å². The number of hydrogen-bond donors (Lipinski definition) is 0. The molecule has 2 heterocycles. The van der Waals surface area contributed by atoms with Gasteiger partial charge in [0.2, 0.25) is 0 Å². The molecule has 1 unspecified atom stereocenters. The van der Waals surface area contributed by atoms with Crippen molar-refractivity contribution in [1.82, 2.24) is 14.8 Å². The Labute approximate surface area is 110 Å². The van der Waals surface area contributed by atoms with Crippen molar-refractivity contribution in [3.05, 3.63) is 41.7 Å². The van der Waals surface area contributed by atoms with Crippen LogP contribution in [0.3, 0.4) is 0 Å². The van der Waals surface area contributed by atoms with Crippen LogP contribution in [0.2, 0.25) is 0 Å². The van der Waals surface area contributed by atoms with Gasteiger partial charge in [-0.2, -0.15) is 0 Å². The van der Waals surface area contributed by atoms with E-state index in [1.54, 1.807) is 12.1 Å². The number of aromatic nitrogens is 3. The van der Waals surface area contributed by atoms with Crippen molar-refractivity contribution in [3.8, 4) is 5.75 Å². The lowest BCUT2D eigenvalue weighted by molar-refractivity contribution is 0.0778. The van der Waals surface area contributed by atoms with Crippen LogP contribution < -0.4 is 4.74 Å². The normalized spacial score (nSPS) is 15.9. The number of fused-ring (bicyclic) bond motifs is 1. The quantitative estimate of drug-likeness (QED) is 0.850. The Bertz CT molecular complexity index is 568. The third kappa shape index (κ3) is 2.44. The summed E-state index contributed by atoms with van der Waals surface area (Å²) in [6.07, 6.45) is -0.246. The molecule has 1 aromatic carbocycles. The highest BCUT2D eigenvalue weighted by atomic mass is 19.1. The van der Waals surface area contributed by atoms with Crippen LogP contribution in [0.5, 0.6) is 5.75 Å². The predicted octanol–water partition coefficient (Wildman–Crippen LogP) is 2.09. The first-order valence-corrected chi connectivity index (χ1v) is 6.16. The molecular formula is C13H14FN3O2. The van der Waals surface area contributed by atoms with Gasteiger partial charge in [-0.25, -0.2) is 4.39 Å². The predicted molar refractivity (Wildman–Crippen MR) is 65.1 cm³/mol. The molecule has 100 valence electrons. The van der Waals surface area contributed by atoms with Gasteiger partial charge in [-0.15, -0.1) is 10.2 Å². The molecule has 19 heavy (non-hydrogen) atoms. The average molecular weight is 263 g/mol. The lowest BCUT2D eigenvalue weighted by Crippen LogP contribution is -2.21. The Morgan fingerprint density at radius 3 is 2.89 bits per heavy atom. The minimum absolute atomic E-state index is 0.246. The summed E-state index contributed by atoms with van der Waals surface area (Å²) in [6.45, 7) is 3.77. The van der Waals surface area contributed by atoms with Crippen molar-refractivity contribution in [2.45, 2.75) is 26.2 Å². The van der Waals surface area contributed by atoms with E-state index >= 15 is 0 Å². The fourth-order valence-electron chi connectivity index (χ4n) is 2.09. The maximum absolute atomic E-state index is 12.8. The molecule has 0 saturated heterocycles. The first-order valence-electron chi connectivity index (χ1n) is 6.16. The van der Waals surface area contributed by atoms with Gasteiger partial charge in [-0.3, -0.25) is 0 Å². The van der Waals surface area contributed by atoms with Crippen LogP contribution in [-0.4, -0.2) is 21.4 Å². The molecule has 0 fully saturated rings. The second-order valence-electron chi connectivity index (χ2n) is 4.39. The van der Waals surface area contributed by atoms with E-state index in [4.69, 9.17) is 9.47 Å². The van der Waals surface area contributed by atoms with Crippen molar-refractivity contribution in [1.29, 1.82) is 0 Å². The van der Waals surface area contributed by atoms with Gasteiger partial charge in [0.25, 0.3) is 0 Å². The summed E-state index contributed by atoms with van der Waals surface area (Å²) >= 11 is 0. The van der Waals surface area contributed by atoms with E-state index in [1.165, 1.54) is 12.1 Å². The van der Waals surface area contributed by atoms with Gasteiger partial charge in [0.15, 0.2) is 17.8 Å². The van der Waals surface area contributed by atoms with Crippen molar-refractivity contribution >= 4 is 0 Å². The summed E-state index contributed by atoms with van der Waals surface area (Å²) in [4.78, 5) is 0. The van der Waals surface area contributed by atoms with Crippen molar-refractivity contribution in [3.63, 3.8) is 0 Å². The maximum Gasteiger partial charge on any atom is 0.174 e. The monoisotopic (exact) mass is 263 g/mol.